The van der Waals surface area contributed by atoms with Gasteiger partial charge < -0.3 is 15.4 Å². The third-order valence-electron chi connectivity index (χ3n) is 2.59. The van der Waals surface area contributed by atoms with Gasteiger partial charge in [-0.15, -0.1) is 0 Å². The summed E-state index contributed by atoms with van der Waals surface area (Å²) < 4.78 is 5.10. The van der Waals surface area contributed by atoms with Crippen molar-refractivity contribution in [2.24, 2.45) is 0 Å². The molecule has 5 heteroatoms. The van der Waals surface area contributed by atoms with Gasteiger partial charge in [-0.3, -0.25) is 4.98 Å². The lowest BCUT2D eigenvalue weighted by Crippen LogP contribution is -2.36. The SMILES string of the molecule is CCC(C)N(CCOC)c1cncc(N)n1. The zero-order valence-electron chi connectivity index (χ0n) is 10.2. The topological polar surface area (TPSA) is 64.3 Å². The predicted octanol–water partition coefficient (Wildman–Crippen LogP) is 1.31. The Bertz CT molecular complexity index is 319. The molecule has 16 heavy (non-hydrogen) atoms. The summed E-state index contributed by atoms with van der Waals surface area (Å²) in [5.41, 5.74) is 5.64. The summed E-state index contributed by atoms with van der Waals surface area (Å²) in [4.78, 5) is 10.5. The molecule has 5 nitrogen and oxygen atoms in total. The molecular weight excluding hydrogens is 204 g/mol. The van der Waals surface area contributed by atoms with E-state index >= 15 is 0 Å². The minimum atomic E-state index is 0.395. The zero-order valence-corrected chi connectivity index (χ0v) is 10.2. The van der Waals surface area contributed by atoms with Crippen LogP contribution in [0.5, 0.6) is 0 Å². The van der Waals surface area contributed by atoms with Crippen molar-refractivity contribution in [2.75, 3.05) is 30.9 Å². The van der Waals surface area contributed by atoms with Crippen molar-refractivity contribution >= 4 is 11.6 Å². The average molecular weight is 224 g/mol. The molecule has 0 radical (unpaired) electrons. The summed E-state index contributed by atoms with van der Waals surface area (Å²) in [5, 5.41) is 0. The molecule has 0 saturated heterocycles. The van der Waals surface area contributed by atoms with Crippen molar-refractivity contribution in [2.45, 2.75) is 26.3 Å². The standard InChI is InChI=1S/C11H20N4O/c1-4-9(2)15(5-6-16-3)11-8-13-7-10(12)14-11/h7-9H,4-6H2,1-3H3,(H2,12,14). The van der Waals surface area contributed by atoms with E-state index in [1.807, 2.05) is 0 Å². The number of hydrogen-bond donors (Lipinski definition) is 1. The maximum atomic E-state index is 5.64. The maximum absolute atomic E-state index is 5.64. The normalized spacial score (nSPS) is 12.4. The van der Waals surface area contributed by atoms with Crippen LogP contribution in [-0.4, -0.2) is 36.3 Å². The van der Waals surface area contributed by atoms with Gasteiger partial charge in [-0.05, 0) is 13.3 Å². The number of nitrogen functional groups attached to an aromatic ring is 1. The number of methoxy groups -OCH3 is 1. The zero-order chi connectivity index (χ0) is 12.0. The Morgan fingerprint density at radius 1 is 1.50 bits per heavy atom. The van der Waals surface area contributed by atoms with Gasteiger partial charge in [-0.1, -0.05) is 6.92 Å². The van der Waals surface area contributed by atoms with Crippen molar-refractivity contribution < 1.29 is 4.74 Å². The Labute approximate surface area is 96.6 Å². The van der Waals surface area contributed by atoms with E-state index in [0.29, 0.717) is 18.5 Å². The summed E-state index contributed by atoms with van der Waals surface area (Å²) in [6.07, 6.45) is 4.33. The molecule has 0 saturated carbocycles. The first-order valence-corrected chi connectivity index (χ1v) is 5.52. The Balaban J connectivity index is 2.82. The van der Waals surface area contributed by atoms with E-state index in [0.717, 1.165) is 18.8 Å². The average Bonchev–Trinajstić information content (AvgIpc) is 2.29. The van der Waals surface area contributed by atoms with Crippen molar-refractivity contribution in [3.05, 3.63) is 12.4 Å². The smallest absolute Gasteiger partial charge is 0.149 e. The predicted molar refractivity (Wildman–Crippen MR) is 65.4 cm³/mol. The fraction of sp³-hybridized carbons (Fsp3) is 0.636. The van der Waals surface area contributed by atoms with Crippen molar-refractivity contribution in [1.29, 1.82) is 0 Å². The van der Waals surface area contributed by atoms with Crippen LogP contribution in [0.3, 0.4) is 0 Å². The third kappa shape index (κ3) is 3.34. The van der Waals surface area contributed by atoms with E-state index in [4.69, 9.17) is 10.5 Å². The maximum Gasteiger partial charge on any atom is 0.149 e. The molecule has 0 fully saturated rings. The summed E-state index contributed by atoms with van der Waals surface area (Å²) in [7, 11) is 1.69. The lowest BCUT2D eigenvalue weighted by Gasteiger charge is -2.29. The second-order valence-electron chi connectivity index (χ2n) is 3.75. The monoisotopic (exact) mass is 224 g/mol. The van der Waals surface area contributed by atoms with Crippen LogP contribution in [-0.2, 0) is 4.74 Å². The van der Waals surface area contributed by atoms with Crippen LogP contribution in [0, 0.1) is 0 Å². The molecule has 1 aromatic rings. The number of hydrogen-bond acceptors (Lipinski definition) is 5. The van der Waals surface area contributed by atoms with Crippen LogP contribution in [0.15, 0.2) is 12.4 Å². The first kappa shape index (κ1) is 12.7. The Morgan fingerprint density at radius 2 is 2.25 bits per heavy atom. The molecule has 0 aliphatic heterocycles. The second kappa shape index (κ2) is 6.27. The minimum absolute atomic E-state index is 0.395. The third-order valence-corrected chi connectivity index (χ3v) is 2.59. The van der Waals surface area contributed by atoms with Gasteiger partial charge in [0, 0.05) is 19.7 Å². The quantitative estimate of drug-likeness (QED) is 0.789. The van der Waals surface area contributed by atoms with E-state index in [1.165, 1.54) is 0 Å². The summed E-state index contributed by atoms with van der Waals surface area (Å²) in [6.45, 7) is 5.76. The van der Waals surface area contributed by atoms with Gasteiger partial charge >= 0.3 is 0 Å². The fourth-order valence-corrected chi connectivity index (χ4v) is 1.48. The molecule has 1 aromatic heterocycles. The fourth-order valence-electron chi connectivity index (χ4n) is 1.48. The van der Waals surface area contributed by atoms with Crippen LogP contribution < -0.4 is 10.6 Å². The first-order valence-electron chi connectivity index (χ1n) is 5.52. The van der Waals surface area contributed by atoms with Gasteiger partial charge in [0.25, 0.3) is 0 Å². The van der Waals surface area contributed by atoms with Gasteiger partial charge in [0.15, 0.2) is 0 Å². The lowest BCUT2D eigenvalue weighted by molar-refractivity contribution is 0.203. The molecule has 0 aliphatic carbocycles. The number of nitrogens with two attached hydrogens (primary N) is 1. The lowest BCUT2D eigenvalue weighted by atomic mass is 10.2. The molecule has 0 amide bonds. The van der Waals surface area contributed by atoms with Crippen LogP contribution in [0.4, 0.5) is 11.6 Å². The van der Waals surface area contributed by atoms with E-state index < -0.39 is 0 Å². The highest BCUT2D eigenvalue weighted by Crippen LogP contribution is 2.15. The minimum Gasteiger partial charge on any atom is -0.383 e. The summed E-state index contributed by atoms with van der Waals surface area (Å²) in [5.74, 6) is 1.26. The highest BCUT2D eigenvalue weighted by atomic mass is 16.5. The van der Waals surface area contributed by atoms with Gasteiger partial charge in [-0.2, -0.15) is 0 Å². The van der Waals surface area contributed by atoms with Crippen LogP contribution >= 0.6 is 0 Å². The molecule has 90 valence electrons. The Morgan fingerprint density at radius 3 is 2.81 bits per heavy atom. The van der Waals surface area contributed by atoms with E-state index in [-0.39, 0.29) is 0 Å². The molecule has 0 bridgehead atoms. The largest absolute Gasteiger partial charge is 0.383 e. The van der Waals surface area contributed by atoms with Gasteiger partial charge in [0.2, 0.25) is 0 Å². The number of aromatic nitrogens is 2. The highest BCUT2D eigenvalue weighted by Gasteiger charge is 2.14. The van der Waals surface area contributed by atoms with Crippen molar-refractivity contribution in [1.82, 2.24) is 9.97 Å². The number of rotatable bonds is 6. The molecule has 1 atom stereocenters. The van der Waals surface area contributed by atoms with Crippen molar-refractivity contribution in [3.63, 3.8) is 0 Å². The molecule has 1 heterocycles. The second-order valence-corrected chi connectivity index (χ2v) is 3.75. The summed E-state index contributed by atoms with van der Waals surface area (Å²) in [6, 6.07) is 0.395. The van der Waals surface area contributed by atoms with Crippen LogP contribution in [0.1, 0.15) is 20.3 Å². The Hall–Kier alpha value is -1.36. The molecule has 0 spiro atoms. The first-order chi connectivity index (χ1) is 7.69. The van der Waals surface area contributed by atoms with E-state index in [1.54, 1.807) is 19.5 Å². The molecular formula is C11H20N4O. The molecule has 1 rings (SSSR count). The Kier molecular flexibility index (Phi) is 4.98. The highest BCUT2D eigenvalue weighted by molar-refractivity contribution is 5.42. The van der Waals surface area contributed by atoms with Gasteiger partial charge in [0.05, 0.1) is 19.0 Å². The molecule has 1 unspecified atom stereocenters. The number of anilines is 2. The molecule has 0 aromatic carbocycles. The number of ether oxygens (including phenoxy) is 1. The summed E-state index contributed by atoms with van der Waals surface area (Å²) >= 11 is 0. The van der Waals surface area contributed by atoms with E-state index in [2.05, 4.69) is 28.7 Å². The van der Waals surface area contributed by atoms with Gasteiger partial charge in [0.1, 0.15) is 11.6 Å². The van der Waals surface area contributed by atoms with Crippen LogP contribution in [0.25, 0.3) is 0 Å². The molecule has 0 aliphatic rings. The molecule has 2 N–H and O–H groups in total. The van der Waals surface area contributed by atoms with Gasteiger partial charge in [-0.25, -0.2) is 4.98 Å². The van der Waals surface area contributed by atoms with E-state index in [9.17, 15) is 0 Å². The van der Waals surface area contributed by atoms with Crippen LogP contribution in [0.2, 0.25) is 0 Å². The number of nitrogens with zero attached hydrogens (tertiary/aromatic N) is 3. The van der Waals surface area contributed by atoms with Crippen molar-refractivity contribution in [3.8, 4) is 0 Å².